The zero-order valence-corrected chi connectivity index (χ0v) is 6.87. The molecule has 0 fully saturated rings. The van der Waals surface area contributed by atoms with Crippen molar-refractivity contribution < 1.29 is 9.90 Å². The Hall–Kier alpha value is -0.740. The normalized spacial score (nSPS) is 20.6. The molecule has 0 aromatic heterocycles. The Morgan fingerprint density at radius 3 is 2.55 bits per heavy atom. The minimum atomic E-state index is -0.916. The number of hydrogen-bond donors (Lipinski definition) is 3. The van der Waals surface area contributed by atoms with Gasteiger partial charge in [-0.1, -0.05) is 12.2 Å². The van der Waals surface area contributed by atoms with Crippen molar-refractivity contribution in [3.8, 4) is 0 Å². The lowest BCUT2D eigenvalue weighted by atomic mass is 10.4. The van der Waals surface area contributed by atoms with E-state index >= 15 is 0 Å². The van der Waals surface area contributed by atoms with Crippen molar-refractivity contribution in [2.24, 2.45) is 5.73 Å². The third kappa shape index (κ3) is 2.40. The number of aliphatic carboxylic acids is 1. The third-order valence-electron chi connectivity index (χ3n) is 1.39. The number of rotatable bonds is 3. The van der Waals surface area contributed by atoms with Crippen molar-refractivity contribution in [3.05, 3.63) is 23.0 Å². The van der Waals surface area contributed by atoms with Gasteiger partial charge in [0.1, 0.15) is 6.04 Å². The number of nitrogens with two attached hydrogens (primary N) is 1. The van der Waals surface area contributed by atoms with Gasteiger partial charge in [0.2, 0.25) is 0 Å². The highest BCUT2D eigenvalue weighted by atomic mass is 32.2. The van der Waals surface area contributed by atoms with Crippen LogP contribution in [0.15, 0.2) is 23.0 Å². The van der Waals surface area contributed by atoms with E-state index < -0.39 is 12.0 Å². The van der Waals surface area contributed by atoms with Gasteiger partial charge < -0.3 is 10.8 Å². The van der Waals surface area contributed by atoms with Gasteiger partial charge in [0.15, 0.2) is 0 Å². The van der Waals surface area contributed by atoms with Crippen molar-refractivity contribution in [2.75, 3.05) is 5.75 Å². The summed E-state index contributed by atoms with van der Waals surface area (Å²) in [5.41, 5.74) is 5.35. The Bertz CT molecular complexity index is 200. The quantitative estimate of drug-likeness (QED) is 0.543. The van der Waals surface area contributed by atoms with Crippen LogP contribution in [0.3, 0.4) is 0 Å². The van der Waals surface area contributed by atoms with Crippen molar-refractivity contribution >= 4 is 16.9 Å². The summed E-state index contributed by atoms with van der Waals surface area (Å²) in [6.07, 6.45) is 3.86. The fourth-order valence-corrected chi connectivity index (χ4v) is 2.39. The molecule has 4 heteroatoms. The minimum absolute atomic E-state index is 0.384. The molecule has 0 saturated heterocycles. The van der Waals surface area contributed by atoms with Gasteiger partial charge in [-0.15, -0.1) is 0 Å². The van der Waals surface area contributed by atoms with Crippen LogP contribution >= 0.6 is 10.9 Å². The number of allylic oxidation sites excluding steroid dienone is 2. The molecule has 0 spiro atoms. The maximum atomic E-state index is 10.3. The summed E-state index contributed by atoms with van der Waals surface area (Å²) in [6.45, 7) is 0. The molecule has 0 unspecified atom stereocenters. The van der Waals surface area contributed by atoms with Crippen molar-refractivity contribution in [3.63, 3.8) is 0 Å². The predicted molar refractivity (Wildman–Crippen MR) is 47.7 cm³/mol. The number of carboxylic acids is 1. The average molecular weight is 173 g/mol. The standard InChI is InChI=1S/C7H11NO2S/c8-6(7(9)10)5-11-3-1-2-4-11/h1-4,6,11H,5,8H2,(H,9,10)/t6-/m0/s1. The molecule has 1 heterocycles. The van der Waals surface area contributed by atoms with Crippen LogP contribution in [0.5, 0.6) is 0 Å². The van der Waals surface area contributed by atoms with Crippen LogP contribution in [0.25, 0.3) is 0 Å². The summed E-state index contributed by atoms with van der Waals surface area (Å²) in [7, 11) is -0.384. The van der Waals surface area contributed by atoms with Gasteiger partial charge in [-0.05, 0) is 10.8 Å². The molecule has 0 radical (unpaired) electrons. The van der Waals surface area contributed by atoms with Crippen LogP contribution in [0.2, 0.25) is 0 Å². The second-order valence-electron chi connectivity index (χ2n) is 2.32. The number of carbonyl (C=O) groups is 1. The fraction of sp³-hybridized carbons (Fsp3) is 0.286. The average Bonchev–Trinajstić information content (AvgIpc) is 2.39. The molecule has 3 nitrogen and oxygen atoms in total. The van der Waals surface area contributed by atoms with Crippen LogP contribution in [0.1, 0.15) is 0 Å². The molecule has 1 rings (SSSR count). The maximum absolute atomic E-state index is 10.3. The highest BCUT2D eigenvalue weighted by Crippen LogP contribution is 2.32. The molecular weight excluding hydrogens is 162 g/mol. The summed E-state index contributed by atoms with van der Waals surface area (Å²) in [5.74, 6) is -0.362. The van der Waals surface area contributed by atoms with Crippen molar-refractivity contribution in [2.45, 2.75) is 6.04 Å². The zero-order valence-electron chi connectivity index (χ0n) is 5.97. The summed E-state index contributed by atoms with van der Waals surface area (Å²) >= 11 is 0. The molecule has 11 heavy (non-hydrogen) atoms. The van der Waals surface area contributed by atoms with Crippen LogP contribution in [0, 0.1) is 0 Å². The lowest BCUT2D eigenvalue weighted by molar-refractivity contribution is -0.137. The van der Waals surface area contributed by atoms with Crippen LogP contribution in [-0.2, 0) is 4.79 Å². The molecular formula is C7H11NO2S. The van der Waals surface area contributed by atoms with Gasteiger partial charge in [0, 0.05) is 5.75 Å². The highest BCUT2D eigenvalue weighted by molar-refractivity contribution is 8.22. The topological polar surface area (TPSA) is 63.3 Å². The molecule has 1 atom stereocenters. The Morgan fingerprint density at radius 1 is 1.55 bits per heavy atom. The molecule has 3 N–H and O–H groups in total. The largest absolute Gasteiger partial charge is 0.480 e. The van der Waals surface area contributed by atoms with E-state index in [-0.39, 0.29) is 10.9 Å². The molecule has 0 aromatic carbocycles. The summed E-state index contributed by atoms with van der Waals surface area (Å²) in [5, 5.41) is 12.5. The van der Waals surface area contributed by atoms with E-state index in [1.807, 2.05) is 23.0 Å². The van der Waals surface area contributed by atoms with Crippen LogP contribution < -0.4 is 5.73 Å². The Morgan fingerprint density at radius 2 is 2.09 bits per heavy atom. The summed E-state index contributed by atoms with van der Waals surface area (Å²) < 4.78 is 0. The SMILES string of the molecule is N[C@@H](C[SH]1C=CC=C1)C(=O)O. The molecule has 0 aliphatic carbocycles. The molecule has 1 aliphatic heterocycles. The third-order valence-corrected chi connectivity index (χ3v) is 3.32. The minimum Gasteiger partial charge on any atom is -0.480 e. The first-order chi connectivity index (χ1) is 5.20. The zero-order chi connectivity index (χ0) is 8.27. The van der Waals surface area contributed by atoms with Gasteiger partial charge in [0.25, 0.3) is 0 Å². The molecule has 0 aromatic rings. The van der Waals surface area contributed by atoms with Crippen molar-refractivity contribution in [1.82, 2.24) is 0 Å². The van der Waals surface area contributed by atoms with Gasteiger partial charge in [0.05, 0.1) is 0 Å². The van der Waals surface area contributed by atoms with E-state index in [1.165, 1.54) is 0 Å². The molecule has 0 amide bonds. The predicted octanol–water partition coefficient (Wildman–Crippen LogP) is 0.441. The summed E-state index contributed by atoms with van der Waals surface area (Å²) in [6, 6.07) is -0.714. The van der Waals surface area contributed by atoms with E-state index in [9.17, 15) is 4.79 Å². The van der Waals surface area contributed by atoms with Crippen molar-refractivity contribution in [1.29, 1.82) is 0 Å². The first kappa shape index (κ1) is 8.36. The van der Waals surface area contributed by atoms with E-state index in [2.05, 4.69) is 0 Å². The molecule has 0 bridgehead atoms. The monoisotopic (exact) mass is 173 g/mol. The van der Waals surface area contributed by atoms with E-state index in [0.717, 1.165) is 0 Å². The lowest BCUT2D eigenvalue weighted by Crippen LogP contribution is -2.33. The lowest BCUT2D eigenvalue weighted by Gasteiger charge is -2.12. The van der Waals surface area contributed by atoms with Gasteiger partial charge in [-0.25, -0.2) is 10.9 Å². The second kappa shape index (κ2) is 3.59. The maximum Gasteiger partial charge on any atom is 0.321 e. The van der Waals surface area contributed by atoms with Gasteiger partial charge >= 0.3 is 5.97 Å². The smallest absolute Gasteiger partial charge is 0.321 e. The Labute approximate surface area is 67.9 Å². The number of carboxylic acid groups (broad SMARTS) is 1. The second-order valence-corrected chi connectivity index (χ2v) is 4.31. The van der Waals surface area contributed by atoms with Crippen LogP contribution in [0.4, 0.5) is 0 Å². The Balaban J connectivity index is 2.36. The fourth-order valence-electron chi connectivity index (χ4n) is 0.797. The number of thiol groups is 1. The first-order valence-electron chi connectivity index (χ1n) is 3.29. The molecule has 1 aliphatic rings. The van der Waals surface area contributed by atoms with E-state index in [4.69, 9.17) is 10.8 Å². The Kier molecular flexibility index (Phi) is 2.73. The summed E-state index contributed by atoms with van der Waals surface area (Å²) in [4.78, 5) is 10.3. The first-order valence-corrected chi connectivity index (χ1v) is 4.96. The van der Waals surface area contributed by atoms with E-state index in [1.54, 1.807) is 0 Å². The van der Waals surface area contributed by atoms with Gasteiger partial charge in [-0.3, -0.25) is 4.79 Å². The number of hydrogen-bond acceptors (Lipinski definition) is 2. The molecule has 62 valence electrons. The van der Waals surface area contributed by atoms with Crippen LogP contribution in [-0.4, -0.2) is 22.9 Å². The van der Waals surface area contributed by atoms with Gasteiger partial charge in [-0.2, -0.15) is 0 Å². The van der Waals surface area contributed by atoms with E-state index in [0.29, 0.717) is 5.75 Å². The molecule has 0 saturated carbocycles. The highest BCUT2D eigenvalue weighted by Gasteiger charge is 2.13.